The third-order valence-electron chi connectivity index (χ3n) is 3.23. The quantitative estimate of drug-likeness (QED) is 0.718. The van der Waals surface area contributed by atoms with Gasteiger partial charge in [0.2, 0.25) is 5.82 Å². The van der Waals surface area contributed by atoms with Crippen LogP contribution in [0.5, 0.6) is 11.5 Å². The fourth-order valence-electron chi connectivity index (χ4n) is 2.07. The van der Waals surface area contributed by atoms with E-state index in [0.29, 0.717) is 11.4 Å². The lowest BCUT2D eigenvalue weighted by Crippen LogP contribution is -1.86. The maximum Gasteiger partial charge on any atom is 0.269 e. The molecule has 7 heteroatoms. The first-order valence-corrected chi connectivity index (χ1v) is 7.67. The zero-order valence-corrected chi connectivity index (χ0v) is 14.0. The summed E-state index contributed by atoms with van der Waals surface area (Å²) in [7, 11) is 1.44. The summed E-state index contributed by atoms with van der Waals surface area (Å²) in [6.45, 7) is 0. The molecule has 24 heavy (non-hydrogen) atoms. The molecule has 122 valence electrons. The van der Waals surface area contributed by atoms with E-state index in [2.05, 4.69) is 10.1 Å². The van der Waals surface area contributed by atoms with Gasteiger partial charge in [-0.1, -0.05) is 58.7 Å². The van der Waals surface area contributed by atoms with Gasteiger partial charge in [0, 0.05) is 5.56 Å². The Labute approximate surface area is 148 Å². The molecular weight excluding hydrogens is 351 g/mol. The third-order valence-corrected chi connectivity index (χ3v) is 3.79. The van der Waals surface area contributed by atoms with Gasteiger partial charge >= 0.3 is 0 Å². The molecular formula is C17H12Cl2N2O3. The van der Waals surface area contributed by atoms with Gasteiger partial charge in [0.25, 0.3) is 5.89 Å². The summed E-state index contributed by atoms with van der Waals surface area (Å²) in [4.78, 5) is 4.27. The van der Waals surface area contributed by atoms with Crippen LogP contribution in [-0.4, -0.2) is 22.4 Å². The molecule has 5 nitrogen and oxygen atoms in total. The molecule has 1 N–H and O–H groups in total. The Balaban J connectivity index is 1.92. The molecule has 0 aliphatic carbocycles. The van der Waals surface area contributed by atoms with Crippen LogP contribution in [0, 0.1) is 0 Å². The summed E-state index contributed by atoms with van der Waals surface area (Å²) in [5.41, 5.74) is 1.45. The molecule has 0 saturated heterocycles. The second-order valence-electron chi connectivity index (χ2n) is 4.84. The number of hydrogen-bond acceptors (Lipinski definition) is 5. The third kappa shape index (κ3) is 3.37. The Kier molecular flexibility index (Phi) is 4.74. The summed E-state index contributed by atoms with van der Waals surface area (Å²) < 4.78 is 10.2. The topological polar surface area (TPSA) is 68.4 Å². The van der Waals surface area contributed by atoms with Crippen molar-refractivity contribution in [1.29, 1.82) is 0 Å². The van der Waals surface area contributed by atoms with Crippen molar-refractivity contribution in [3.63, 3.8) is 0 Å². The lowest BCUT2D eigenvalue weighted by atomic mass is 10.2. The minimum absolute atomic E-state index is 0.128. The largest absolute Gasteiger partial charge is 0.503 e. The Morgan fingerprint density at radius 1 is 1.25 bits per heavy atom. The van der Waals surface area contributed by atoms with E-state index in [9.17, 15) is 5.11 Å². The Hall–Kier alpha value is -2.50. The van der Waals surface area contributed by atoms with E-state index in [1.54, 1.807) is 18.2 Å². The van der Waals surface area contributed by atoms with Crippen molar-refractivity contribution in [2.45, 2.75) is 0 Å². The Morgan fingerprint density at radius 3 is 2.71 bits per heavy atom. The lowest BCUT2D eigenvalue weighted by molar-refractivity contribution is 0.373. The summed E-state index contributed by atoms with van der Waals surface area (Å²) >= 11 is 12.2. The smallest absolute Gasteiger partial charge is 0.269 e. The fraction of sp³-hybridized carbons (Fsp3) is 0.0588. The van der Waals surface area contributed by atoms with Gasteiger partial charge in [-0.3, -0.25) is 0 Å². The normalized spacial score (nSPS) is 11.5. The van der Waals surface area contributed by atoms with Crippen molar-refractivity contribution < 1.29 is 14.4 Å². The number of methoxy groups -OCH3 is 1. The summed E-state index contributed by atoms with van der Waals surface area (Å²) in [6.07, 6.45) is 1.59. The fourth-order valence-corrected chi connectivity index (χ4v) is 2.49. The van der Waals surface area contributed by atoms with Crippen LogP contribution in [0.4, 0.5) is 0 Å². The molecule has 0 spiro atoms. The number of phenolic OH excluding ortho intramolecular Hbond substituents is 1. The molecule has 0 bridgehead atoms. The van der Waals surface area contributed by atoms with Crippen LogP contribution in [0.2, 0.25) is 5.02 Å². The van der Waals surface area contributed by atoms with Gasteiger partial charge < -0.3 is 14.4 Å². The van der Waals surface area contributed by atoms with Crippen LogP contribution >= 0.6 is 23.2 Å². The standard InChI is InChI=1S/C17H12Cl2N2O3/c1-23-14-9-10(7-12(18)15(14)22)8-13(19)17-20-16(21-24-17)11-5-3-2-4-6-11/h2-9,22H,1H3/b13-8-. The monoisotopic (exact) mass is 362 g/mol. The van der Waals surface area contributed by atoms with Crippen molar-refractivity contribution in [2.24, 2.45) is 0 Å². The number of nitrogens with zero attached hydrogens (tertiary/aromatic N) is 2. The highest BCUT2D eigenvalue weighted by molar-refractivity contribution is 6.50. The maximum atomic E-state index is 9.75. The molecule has 0 aliphatic rings. The molecule has 2 aromatic carbocycles. The van der Waals surface area contributed by atoms with Gasteiger partial charge in [0.05, 0.1) is 12.1 Å². The number of hydrogen-bond donors (Lipinski definition) is 1. The van der Waals surface area contributed by atoms with Crippen molar-refractivity contribution in [1.82, 2.24) is 10.1 Å². The number of ether oxygens (including phenoxy) is 1. The highest BCUT2D eigenvalue weighted by Crippen LogP contribution is 2.36. The van der Waals surface area contributed by atoms with Gasteiger partial charge in [-0.2, -0.15) is 4.98 Å². The second kappa shape index (κ2) is 6.95. The molecule has 0 aliphatic heterocycles. The molecule has 0 radical (unpaired) electrons. The molecule has 3 rings (SSSR count). The molecule has 0 fully saturated rings. The first-order valence-electron chi connectivity index (χ1n) is 6.91. The van der Waals surface area contributed by atoms with Crippen LogP contribution in [0.3, 0.4) is 0 Å². The van der Waals surface area contributed by atoms with Crippen LogP contribution in [0.25, 0.3) is 22.5 Å². The molecule has 1 aromatic heterocycles. The minimum atomic E-state index is -0.128. The number of aromatic nitrogens is 2. The average molecular weight is 363 g/mol. The van der Waals surface area contributed by atoms with Crippen molar-refractivity contribution in [3.8, 4) is 22.9 Å². The number of halogens is 2. The number of phenols is 1. The van der Waals surface area contributed by atoms with Crippen molar-refractivity contribution in [3.05, 3.63) is 58.9 Å². The molecule has 0 saturated carbocycles. The molecule has 0 atom stereocenters. The van der Waals surface area contributed by atoms with Gasteiger partial charge in [0.15, 0.2) is 11.5 Å². The first-order chi connectivity index (χ1) is 11.6. The molecule has 1 heterocycles. The first kappa shape index (κ1) is 16.4. The van der Waals surface area contributed by atoms with E-state index in [4.69, 9.17) is 32.5 Å². The Bertz CT molecular complexity index is 892. The SMILES string of the molecule is COc1cc(/C=C(\Cl)c2nc(-c3ccccc3)no2)cc(Cl)c1O. The van der Waals surface area contributed by atoms with E-state index >= 15 is 0 Å². The van der Waals surface area contributed by atoms with Crippen LogP contribution in [0.1, 0.15) is 11.5 Å². The van der Waals surface area contributed by atoms with E-state index in [1.165, 1.54) is 7.11 Å². The zero-order chi connectivity index (χ0) is 17.1. The van der Waals surface area contributed by atoms with Gasteiger partial charge in [-0.15, -0.1) is 0 Å². The predicted octanol–water partition coefficient (Wildman–Crippen LogP) is 4.84. The van der Waals surface area contributed by atoms with Crippen molar-refractivity contribution in [2.75, 3.05) is 7.11 Å². The number of aromatic hydroxyl groups is 1. The highest BCUT2D eigenvalue weighted by Gasteiger charge is 2.13. The maximum absolute atomic E-state index is 9.75. The Morgan fingerprint density at radius 2 is 2.00 bits per heavy atom. The van der Waals surface area contributed by atoms with E-state index in [0.717, 1.165) is 5.56 Å². The van der Waals surface area contributed by atoms with E-state index < -0.39 is 0 Å². The highest BCUT2D eigenvalue weighted by atomic mass is 35.5. The van der Waals surface area contributed by atoms with Crippen LogP contribution < -0.4 is 4.74 Å². The molecule has 0 amide bonds. The van der Waals surface area contributed by atoms with Crippen LogP contribution in [0.15, 0.2) is 47.0 Å². The van der Waals surface area contributed by atoms with Gasteiger partial charge in [-0.25, -0.2) is 0 Å². The van der Waals surface area contributed by atoms with Crippen LogP contribution in [-0.2, 0) is 0 Å². The van der Waals surface area contributed by atoms with E-state index in [1.807, 2.05) is 30.3 Å². The molecule has 3 aromatic rings. The van der Waals surface area contributed by atoms with E-state index in [-0.39, 0.29) is 27.4 Å². The zero-order valence-electron chi connectivity index (χ0n) is 12.5. The van der Waals surface area contributed by atoms with Gasteiger partial charge in [-0.05, 0) is 23.8 Å². The minimum Gasteiger partial charge on any atom is -0.503 e. The summed E-state index contributed by atoms with van der Waals surface area (Å²) in [5.74, 6) is 0.738. The number of benzene rings is 2. The number of rotatable bonds is 4. The van der Waals surface area contributed by atoms with Crippen molar-refractivity contribution >= 4 is 34.3 Å². The summed E-state index contributed by atoms with van der Waals surface area (Å²) in [6, 6.07) is 12.6. The van der Waals surface area contributed by atoms with Gasteiger partial charge in [0.1, 0.15) is 5.03 Å². The summed E-state index contributed by atoms with van der Waals surface area (Å²) in [5, 5.41) is 14.1. The predicted molar refractivity (Wildman–Crippen MR) is 93.1 cm³/mol. The second-order valence-corrected chi connectivity index (χ2v) is 5.65. The molecule has 0 unspecified atom stereocenters. The lowest BCUT2D eigenvalue weighted by Gasteiger charge is -2.06. The average Bonchev–Trinajstić information content (AvgIpc) is 3.09.